The molecule has 3 heterocycles. The SMILES string of the molecule is CCOc1ccc(C2c3c(-c4ccc(C)cc4)n[nH]c3C(=O)N2CCCN2CCOCC2)cc1OC. The number of hydrogen-bond acceptors (Lipinski definition) is 6. The molecule has 5 rings (SSSR count). The summed E-state index contributed by atoms with van der Waals surface area (Å²) in [5.41, 5.74) is 5.44. The third-order valence-electron chi connectivity index (χ3n) is 6.97. The number of amides is 1. The summed E-state index contributed by atoms with van der Waals surface area (Å²) < 4.78 is 16.9. The fraction of sp³-hybridized carbons (Fsp3) is 0.429. The summed E-state index contributed by atoms with van der Waals surface area (Å²) in [5, 5.41) is 7.65. The monoisotopic (exact) mass is 490 g/mol. The summed E-state index contributed by atoms with van der Waals surface area (Å²) in [7, 11) is 1.64. The number of ether oxygens (including phenoxy) is 3. The van der Waals surface area contributed by atoms with Crippen molar-refractivity contribution in [2.75, 3.05) is 53.1 Å². The Bertz CT molecular complexity index is 1200. The quantitative estimate of drug-likeness (QED) is 0.487. The van der Waals surface area contributed by atoms with E-state index < -0.39 is 0 Å². The molecule has 190 valence electrons. The first-order valence-electron chi connectivity index (χ1n) is 12.7. The van der Waals surface area contributed by atoms with Crippen LogP contribution in [0, 0.1) is 6.92 Å². The highest BCUT2D eigenvalue weighted by atomic mass is 16.5. The van der Waals surface area contributed by atoms with Gasteiger partial charge in [0.15, 0.2) is 11.5 Å². The van der Waals surface area contributed by atoms with Crippen LogP contribution in [0.25, 0.3) is 11.3 Å². The molecule has 2 aliphatic rings. The molecule has 1 unspecified atom stereocenters. The van der Waals surface area contributed by atoms with E-state index in [-0.39, 0.29) is 11.9 Å². The van der Waals surface area contributed by atoms with Crippen LogP contribution in [0.4, 0.5) is 0 Å². The molecule has 8 heteroatoms. The van der Waals surface area contributed by atoms with E-state index in [9.17, 15) is 4.79 Å². The van der Waals surface area contributed by atoms with E-state index >= 15 is 0 Å². The fourth-order valence-corrected chi connectivity index (χ4v) is 5.12. The molecule has 1 atom stereocenters. The molecule has 1 N–H and O–H groups in total. The number of nitrogens with one attached hydrogen (secondary N) is 1. The maximum atomic E-state index is 13.7. The predicted molar refractivity (Wildman–Crippen MR) is 138 cm³/mol. The van der Waals surface area contributed by atoms with Gasteiger partial charge in [-0.3, -0.25) is 14.8 Å². The van der Waals surface area contributed by atoms with Crippen molar-refractivity contribution < 1.29 is 19.0 Å². The van der Waals surface area contributed by atoms with Gasteiger partial charge in [0.25, 0.3) is 5.91 Å². The first kappa shape index (κ1) is 24.3. The van der Waals surface area contributed by atoms with E-state index in [1.807, 2.05) is 30.0 Å². The van der Waals surface area contributed by atoms with E-state index in [0.717, 1.165) is 61.7 Å². The summed E-state index contributed by atoms with van der Waals surface area (Å²) in [6.45, 7) is 9.56. The lowest BCUT2D eigenvalue weighted by atomic mass is 9.95. The number of H-pyrrole nitrogens is 1. The number of carbonyl (C=O) groups excluding carboxylic acids is 1. The molecule has 3 aromatic rings. The Labute approximate surface area is 212 Å². The Balaban J connectivity index is 1.50. The zero-order valence-corrected chi connectivity index (χ0v) is 21.3. The Morgan fingerprint density at radius 1 is 1.08 bits per heavy atom. The van der Waals surface area contributed by atoms with E-state index in [1.165, 1.54) is 5.56 Å². The van der Waals surface area contributed by atoms with Crippen molar-refractivity contribution in [2.24, 2.45) is 0 Å². The molecular weight excluding hydrogens is 456 g/mol. The number of hydrogen-bond donors (Lipinski definition) is 1. The van der Waals surface area contributed by atoms with E-state index in [1.54, 1.807) is 7.11 Å². The number of aryl methyl sites for hydroxylation is 1. The lowest BCUT2D eigenvalue weighted by molar-refractivity contribution is 0.0354. The van der Waals surface area contributed by atoms with Crippen molar-refractivity contribution in [2.45, 2.75) is 26.3 Å². The van der Waals surface area contributed by atoms with Gasteiger partial charge in [-0.15, -0.1) is 0 Å². The molecule has 1 amide bonds. The van der Waals surface area contributed by atoms with Crippen LogP contribution in [-0.4, -0.2) is 79.0 Å². The average molecular weight is 491 g/mol. The van der Waals surface area contributed by atoms with E-state index in [4.69, 9.17) is 14.2 Å². The van der Waals surface area contributed by atoms with Crippen molar-refractivity contribution in [3.63, 3.8) is 0 Å². The summed E-state index contributed by atoms with van der Waals surface area (Å²) in [5.74, 6) is 1.33. The highest BCUT2D eigenvalue weighted by molar-refractivity contribution is 6.00. The van der Waals surface area contributed by atoms with Gasteiger partial charge in [-0.1, -0.05) is 35.9 Å². The Hall–Kier alpha value is -3.36. The van der Waals surface area contributed by atoms with Gasteiger partial charge >= 0.3 is 0 Å². The largest absolute Gasteiger partial charge is 0.493 e. The van der Waals surface area contributed by atoms with Crippen molar-refractivity contribution >= 4 is 5.91 Å². The maximum Gasteiger partial charge on any atom is 0.273 e. The van der Waals surface area contributed by atoms with Gasteiger partial charge in [0, 0.05) is 37.3 Å². The fourth-order valence-electron chi connectivity index (χ4n) is 5.12. The predicted octanol–water partition coefficient (Wildman–Crippen LogP) is 4.06. The highest BCUT2D eigenvalue weighted by Gasteiger charge is 2.42. The number of aromatic nitrogens is 2. The van der Waals surface area contributed by atoms with Gasteiger partial charge in [0.2, 0.25) is 0 Å². The summed E-state index contributed by atoms with van der Waals surface area (Å²) in [6.07, 6.45) is 0.883. The Morgan fingerprint density at radius 3 is 2.58 bits per heavy atom. The zero-order valence-electron chi connectivity index (χ0n) is 21.3. The van der Waals surface area contributed by atoms with E-state index in [0.29, 0.717) is 30.3 Å². The zero-order chi connectivity index (χ0) is 25.1. The van der Waals surface area contributed by atoms with Gasteiger partial charge in [-0.05, 0) is 38.0 Å². The third-order valence-corrected chi connectivity index (χ3v) is 6.97. The standard InChI is InChI=1S/C28H34N4O4/c1-4-36-22-11-10-21(18-23(22)34-3)27-24-25(20-8-6-19(2)7-9-20)29-30-26(24)28(33)32(27)13-5-12-31-14-16-35-17-15-31/h6-11,18,27H,4-5,12-17H2,1-3H3,(H,29,30). The van der Waals surface area contributed by atoms with Crippen LogP contribution < -0.4 is 9.47 Å². The molecule has 0 bridgehead atoms. The first-order valence-corrected chi connectivity index (χ1v) is 12.7. The molecule has 1 fully saturated rings. The summed E-state index contributed by atoms with van der Waals surface area (Å²) in [6, 6.07) is 13.9. The number of rotatable bonds is 9. The van der Waals surface area contributed by atoms with Crippen molar-refractivity contribution in [1.29, 1.82) is 0 Å². The van der Waals surface area contributed by atoms with Crippen LogP contribution in [0.5, 0.6) is 11.5 Å². The molecule has 2 aliphatic heterocycles. The lowest BCUT2D eigenvalue weighted by Gasteiger charge is -2.30. The van der Waals surface area contributed by atoms with Gasteiger partial charge in [-0.2, -0.15) is 5.10 Å². The third kappa shape index (κ3) is 4.70. The molecule has 0 spiro atoms. The van der Waals surface area contributed by atoms with Crippen LogP contribution in [0.2, 0.25) is 0 Å². The summed E-state index contributed by atoms with van der Waals surface area (Å²) >= 11 is 0. The van der Waals surface area contributed by atoms with Crippen LogP contribution in [0.3, 0.4) is 0 Å². The van der Waals surface area contributed by atoms with Crippen LogP contribution >= 0.6 is 0 Å². The van der Waals surface area contributed by atoms with Crippen LogP contribution in [0.1, 0.15) is 46.6 Å². The number of fused-ring (bicyclic) bond motifs is 1. The number of benzene rings is 2. The topological polar surface area (TPSA) is 79.9 Å². The minimum absolute atomic E-state index is 0.0179. The van der Waals surface area contributed by atoms with Crippen molar-refractivity contribution in [3.05, 3.63) is 64.8 Å². The molecule has 0 aliphatic carbocycles. The number of methoxy groups -OCH3 is 1. The normalized spacial score (nSPS) is 17.9. The molecule has 36 heavy (non-hydrogen) atoms. The molecule has 1 saturated heterocycles. The number of aromatic amines is 1. The lowest BCUT2D eigenvalue weighted by Crippen LogP contribution is -2.38. The van der Waals surface area contributed by atoms with Gasteiger partial charge in [-0.25, -0.2) is 0 Å². The second kappa shape index (κ2) is 10.7. The molecule has 2 aromatic carbocycles. The molecular formula is C28H34N4O4. The first-order chi connectivity index (χ1) is 17.6. The number of nitrogens with zero attached hydrogens (tertiary/aromatic N) is 3. The van der Waals surface area contributed by atoms with Crippen molar-refractivity contribution in [1.82, 2.24) is 20.0 Å². The summed E-state index contributed by atoms with van der Waals surface area (Å²) in [4.78, 5) is 18.0. The highest BCUT2D eigenvalue weighted by Crippen LogP contribution is 2.44. The second-order valence-corrected chi connectivity index (χ2v) is 9.28. The molecule has 0 radical (unpaired) electrons. The smallest absolute Gasteiger partial charge is 0.273 e. The second-order valence-electron chi connectivity index (χ2n) is 9.28. The number of carbonyl (C=O) groups is 1. The Morgan fingerprint density at radius 2 is 1.86 bits per heavy atom. The van der Waals surface area contributed by atoms with Crippen molar-refractivity contribution in [3.8, 4) is 22.8 Å². The van der Waals surface area contributed by atoms with Crippen LogP contribution in [0.15, 0.2) is 42.5 Å². The van der Waals surface area contributed by atoms with Gasteiger partial charge in [0.05, 0.1) is 38.7 Å². The van der Waals surface area contributed by atoms with E-state index in [2.05, 4.69) is 46.3 Å². The number of morpholine rings is 1. The molecule has 8 nitrogen and oxygen atoms in total. The molecule has 0 saturated carbocycles. The minimum Gasteiger partial charge on any atom is -0.493 e. The minimum atomic E-state index is -0.267. The van der Waals surface area contributed by atoms with Gasteiger partial charge < -0.3 is 19.1 Å². The van der Waals surface area contributed by atoms with Crippen LogP contribution in [-0.2, 0) is 4.74 Å². The average Bonchev–Trinajstić information content (AvgIpc) is 3.45. The molecule has 1 aromatic heterocycles. The van der Waals surface area contributed by atoms with Gasteiger partial charge in [0.1, 0.15) is 5.69 Å². The maximum absolute atomic E-state index is 13.7. The Kier molecular flexibility index (Phi) is 7.25.